The van der Waals surface area contributed by atoms with Gasteiger partial charge in [-0.3, -0.25) is 0 Å². The summed E-state index contributed by atoms with van der Waals surface area (Å²) in [6.07, 6.45) is 0.542. The Labute approximate surface area is 111 Å². The van der Waals surface area contributed by atoms with Crippen molar-refractivity contribution in [2.75, 3.05) is 0 Å². The third kappa shape index (κ3) is 1.78. The molecule has 1 N–H and O–H groups in total. The standard InChI is InChI=1S/C15H16N2O2/c1-4-12-18-13-10-7-9(8-16)5-6-11(10)17-14(13)15(2,3)19-12/h5-7,12,17H,4H2,1-3H3. The molecule has 1 aliphatic rings. The van der Waals surface area contributed by atoms with E-state index < -0.39 is 5.60 Å². The normalized spacial score (nSPS) is 20.6. The van der Waals surface area contributed by atoms with Gasteiger partial charge in [-0.05, 0) is 32.0 Å². The molecule has 2 aromatic rings. The van der Waals surface area contributed by atoms with Crippen molar-refractivity contribution in [3.05, 3.63) is 29.5 Å². The van der Waals surface area contributed by atoms with Crippen molar-refractivity contribution in [1.29, 1.82) is 5.26 Å². The topological polar surface area (TPSA) is 58.0 Å². The Morgan fingerprint density at radius 2 is 2.21 bits per heavy atom. The summed E-state index contributed by atoms with van der Waals surface area (Å²) in [7, 11) is 0. The van der Waals surface area contributed by atoms with Crippen LogP contribution in [0.15, 0.2) is 18.2 Å². The molecule has 2 heterocycles. The van der Waals surface area contributed by atoms with Crippen molar-refractivity contribution in [1.82, 2.24) is 4.98 Å². The van der Waals surface area contributed by atoms with Crippen LogP contribution < -0.4 is 4.74 Å². The van der Waals surface area contributed by atoms with Crippen LogP contribution in [0.1, 0.15) is 38.4 Å². The number of rotatable bonds is 1. The number of aromatic amines is 1. The van der Waals surface area contributed by atoms with Gasteiger partial charge in [0, 0.05) is 17.3 Å². The van der Waals surface area contributed by atoms with Gasteiger partial charge in [-0.25, -0.2) is 0 Å². The van der Waals surface area contributed by atoms with Gasteiger partial charge in [-0.1, -0.05) is 6.92 Å². The van der Waals surface area contributed by atoms with Crippen LogP contribution in [0.4, 0.5) is 0 Å². The molecular formula is C15H16N2O2. The molecule has 3 rings (SSSR count). The summed E-state index contributed by atoms with van der Waals surface area (Å²) in [6, 6.07) is 7.73. The number of nitrogens with zero attached hydrogens (tertiary/aromatic N) is 1. The molecule has 0 saturated heterocycles. The van der Waals surface area contributed by atoms with E-state index in [-0.39, 0.29) is 6.29 Å². The van der Waals surface area contributed by atoms with Gasteiger partial charge in [0.05, 0.1) is 17.3 Å². The highest BCUT2D eigenvalue weighted by Crippen LogP contribution is 2.43. The Morgan fingerprint density at radius 1 is 1.42 bits per heavy atom. The first-order valence-corrected chi connectivity index (χ1v) is 6.46. The lowest BCUT2D eigenvalue weighted by Gasteiger charge is -2.35. The van der Waals surface area contributed by atoms with Gasteiger partial charge in [0.2, 0.25) is 6.29 Å². The van der Waals surface area contributed by atoms with E-state index in [1.807, 2.05) is 32.9 Å². The lowest BCUT2D eigenvalue weighted by atomic mass is 10.0. The zero-order chi connectivity index (χ0) is 13.6. The van der Waals surface area contributed by atoms with Gasteiger partial charge < -0.3 is 14.5 Å². The lowest BCUT2D eigenvalue weighted by Crippen LogP contribution is -2.36. The smallest absolute Gasteiger partial charge is 0.200 e. The van der Waals surface area contributed by atoms with E-state index in [0.717, 1.165) is 28.8 Å². The number of fused-ring (bicyclic) bond motifs is 3. The van der Waals surface area contributed by atoms with Crippen LogP contribution in [-0.2, 0) is 10.3 Å². The SMILES string of the molecule is CCC1Oc2c([nH]c3ccc(C#N)cc23)C(C)(C)O1. The van der Waals surface area contributed by atoms with E-state index in [0.29, 0.717) is 5.56 Å². The zero-order valence-corrected chi connectivity index (χ0v) is 11.3. The molecule has 98 valence electrons. The lowest BCUT2D eigenvalue weighted by molar-refractivity contribution is -0.183. The number of nitrogens with one attached hydrogen (secondary N) is 1. The predicted molar refractivity (Wildman–Crippen MR) is 71.8 cm³/mol. The van der Waals surface area contributed by atoms with Crippen LogP contribution >= 0.6 is 0 Å². The quantitative estimate of drug-likeness (QED) is 0.850. The molecule has 0 saturated carbocycles. The molecule has 1 aromatic heterocycles. The van der Waals surface area contributed by atoms with E-state index in [1.165, 1.54) is 0 Å². The maximum Gasteiger partial charge on any atom is 0.200 e. The summed E-state index contributed by atoms with van der Waals surface area (Å²) in [5.41, 5.74) is 2.12. The van der Waals surface area contributed by atoms with Crippen molar-refractivity contribution in [2.45, 2.75) is 39.1 Å². The number of hydrogen-bond donors (Lipinski definition) is 1. The number of H-pyrrole nitrogens is 1. The van der Waals surface area contributed by atoms with E-state index in [1.54, 1.807) is 6.07 Å². The van der Waals surface area contributed by atoms with Crippen LogP contribution in [0.5, 0.6) is 5.75 Å². The number of hydrogen-bond acceptors (Lipinski definition) is 3. The molecule has 0 aliphatic carbocycles. The Kier molecular flexibility index (Phi) is 2.54. The van der Waals surface area contributed by atoms with Crippen molar-refractivity contribution >= 4 is 10.9 Å². The van der Waals surface area contributed by atoms with Gasteiger partial charge >= 0.3 is 0 Å². The van der Waals surface area contributed by atoms with E-state index in [4.69, 9.17) is 14.7 Å². The van der Waals surface area contributed by atoms with Crippen LogP contribution in [0.25, 0.3) is 10.9 Å². The highest BCUT2D eigenvalue weighted by Gasteiger charge is 2.37. The molecule has 4 nitrogen and oxygen atoms in total. The fraction of sp³-hybridized carbons (Fsp3) is 0.400. The third-order valence-electron chi connectivity index (χ3n) is 3.49. The maximum atomic E-state index is 9.01. The molecule has 4 heteroatoms. The van der Waals surface area contributed by atoms with Crippen molar-refractivity contribution < 1.29 is 9.47 Å². The molecule has 0 spiro atoms. The monoisotopic (exact) mass is 256 g/mol. The minimum Gasteiger partial charge on any atom is -0.462 e. The van der Waals surface area contributed by atoms with Crippen molar-refractivity contribution in [2.24, 2.45) is 0 Å². The summed E-state index contributed by atoms with van der Waals surface area (Å²) in [5.74, 6) is 0.815. The minimum atomic E-state index is -0.417. The van der Waals surface area contributed by atoms with Gasteiger partial charge in [0.15, 0.2) is 5.75 Å². The van der Waals surface area contributed by atoms with Crippen LogP contribution in [0, 0.1) is 11.3 Å². The van der Waals surface area contributed by atoms with Gasteiger partial charge in [-0.2, -0.15) is 5.26 Å². The third-order valence-corrected chi connectivity index (χ3v) is 3.49. The second-order valence-electron chi connectivity index (χ2n) is 5.29. The average Bonchev–Trinajstić information content (AvgIpc) is 2.77. The molecule has 1 aromatic carbocycles. The Bertz CT molecular complexity index is 679. The second-order valence-corrected chi connectivity index (χ2v) is 5.29. The summed E-state index contributed by atoms with van der Waals surface area (Å²) in [6.45, 7) is 6.08. The highest BCUT2D eigenvalue weighted by atomic mass is 16.7. The number of nitriles is 1. The highest BCUT2D eigenvalue weighted by molar-refractivity contribution is 5.89. The molecule has 0 fully saturated rings. The van der Waals surface area contributed by atoms with Gasteiger partial charge in [0.1, 0.15) is 5.60 Å². The Hall–Kier alpha value is -1.99. The number of ether oxygens (including phenoxy) is 2. The van der Waals surface area contributed by atoms with Crippen molar-refractivity contribution in [3.63, 3.8) is 0 Å². The molecule has 0 amide bonds. The summed E-state index contributed by atoms with van der Waals surface area (Å²) < 4.78 is 11.8. The predicted octanol–water partition coefficient (Wildman–Crippen LogP) is 3.42. The maximum absolute atomic E-state index is 9.01. The largest absolute Gasteiger partial charge is 0.462 e. The van der Waals surface area contributed by atoms with E-state index in [9.17, 15) is 0 Å². The minimum absolute atomic E-state index is 0.243. The van der Waals surface area contributed by atoms with Crippen LogP contribution in [-0.4, -0.2) is 11.3 Å². The van der Waals surface area contributed by atoms with Crippen LogP contribution in [0.2, 0.25) is 0 Å². The van der Waals surface area contributed by atoms with E-state index >= 15 is 0 Å². The fourth-order valence-electron chi connectivity index (χ4n) is 2.49. The number of benzene rings is 1. The fourth-order valence-corrected chi connectivity index (χ4v) is 2.49. The first-order valence-electron chi connectivity index (χ1n) is 6.46. The van der Waals surface area contributed by atoms with Gasteiger partial charge in [-0.15, -0.1) is 0 Å². The first kappa shape index (κ1) is 12.1. The molecule has 1 atom stereocenters. The summed E-state index contributed by atoms with van der Waals surface area (Å²) >= 11 is 0. The Morgan fingerprint density at radius 3 is 2.89 bits per heavy atom. The van der Waals surface area contributed by atoms with Crippen LogP contribution in [0.3, 0.4) is 0 Å². The number of aromatic nitrogens is 1. The molecule has 19 heavy (non-hydrogen) atoms. The molecular weight excluding hydrogens is 240 g/mol. The van der Waals surface area contributed by atoms with Gasteiger partial charge in [0.25, 0.3) is 0 Å². The zero-order valence-electron chi connectivity index (χ0n) is 11.3. The van der Waals surface area contributed by atoms with E-state index in [2.05, 4.69) is 11.1 Å². The Balaban J connectivity index is 2.25. The molecule has 1 unspecified atom stereocenters. The first-order chi connectivity index (χ1) is 9.05. The molecule has 0 radical (unpaired) electrons. The van der Waals surface area contributed by atoms with Crippen molar-refractivity contribution in [3.8, 4) is 11.8 Å². The average molecular weight is 256 g/mol. The second kappa shape index (κ2) is 4.01. The molecule has 1 aliphatic heterocycles. The summed E-state index contributed by atoms with van der Waals surface area (Å²) in [5, 5.41) is 9.96. The summed E-state index contributed by atoms with van der Waals surface area (Å²) in [4.78, 5) is 3.34. The molecule has 0 bridgehead atoms.